The maximum atomic E-state index is 12.0. The van der Waals surface area contributed by atoms with Crippen molar-refractivity contribution in [1.82, 2.24) is 10.3 Å². The molecule has 2 aromatic carbocycles. The van der Waals surface area contributed by atoms with Crippen LogP contribution in [0.3, 0.4) is 0 Å². The quantitative estimate of drug-likeness (QED) is 0.478. The molecular weight excluding hydrogens is 384 g/mol. The number of methoxy groups -OCH3 is 1. The number of thiazole rings is 1. The SMILES string of the molecule is COC(=O)[C@H](CSc1nc2ccccc2s1)NC(=O)OCc1ccccc1. The van der Waals surface area contributed by atoms with Crippen LogP contribution in [0.15, 0.2) is 58.9 Å². The van der Waals surface area contributed by atoms with Crippen LogP contribution in [0.25, 0.3) is 10.2 Å². The summed E-state index contributed by atoms with van der Waals surface area (Å²) in [7, 11) is 1.29. The summed E-state index contributed by atoms with van der Waals surface area (Å²) in [5, 5.41) is 2.56. The van der Waals surface area contributed by atoms with Gasteiger partial charge in [0.15, 0.2) is 4.34 Å². The van der Waals surface area contributed by atoms with Crippen molar-refractivity contribution >= 4 is 45.4 Å². The maximum Gasteiger partial charge on any atom is 0.408 e. The summed E-state index contributed by atoms with van der Waals surface area (Å²) in [5.74, 6) is -0.229. The first-order valence-electron chi connectivity index (χ1n) is 8.19. The fraction of sp³-hybridized carbons (Fsp3) is 0.211. The molecule has 0 aliphatic carbocycles. The Hall–Kier alpha value is -2.58. The molecule has 0 saturated heterocycles. The molecule has 0 saturated carbocycles. The third-order valence-electron chi connectivity index (χ3n) is 3.64. The highest BCUT2D eigenvalue weighted by Gasteiger charge is 2.23. The van der Waals surface area contributed by atoms with Crippen molar-refractivity contribution in [2.24, 2.45) is 0 Å². The molecule has 1 aromatic heterocycles. The number of amides is 1. The number of thioether (sulfide) groups is 1. The van der Waals surface area contributed by atoms with Crippen molar-refractivity contribution in [3.05, 3.63) is 60.2 Å². The predicted octanol–water partition coefficient (Wildman–Crippen LogP) is 3.86. The Morgan fingerprint density at radius 1 is 1.15 bits per heavy atom. The van der Waals surface area contributed by atoms with Crippen LogP contribution in [0.2, 0.25) is 0 Å². The lowest BCUT2D eigenvalue weighted by Crippen LogP contribution is -2.43. The topological polar surface area (TPSA) is 77.5 Å². The average molecular weight is 402 g/mol. The standard InChI is InChI=1S/C19H18N2O4S2/c1-24-17(22)15(20-18(23)25-11-13-7-3-2-4-8-13)12-26-19-21-14-9-5-6-10-16(14)27-19/h2-10,15H,11-12H2,1H3,(H,20,23)/t15-/m0/s1. The number of fused-ring (bicyclic) bond motifs is 1. The molecule has 1 N–H and O–H groups in total. The first-order valence-corrected chi connectivity index (χ1v) is 9.99. The van der Waals surface area contributed by atoms with Crippen LogP contribution < -0.4 is 5.32 Å². The van der Waals surface area contributed by atoms with Gasteiger partial charge in [-0.05, 0) is 17.7 Å². The Morgan fingerprint density at radius 3 is 2.63 bits per heavy atom. The number of rotatable bonds is 7. The Bertz CT molecular complexity index is 881. The highest BCUT2D eigenvalue weighted by atomic mass is 32.2. The van der Waals surface area contributed by atoms with Gasteiger partial charge in [0, 0.05) is 5.75 Å². The number of hydrogen-bond acceptors (Lipinski definition) is 7. The van der Waals surface area contributed by atoms with E-state index in [1.807, 2.05) is 54.6 Å². The largest absolute Gasteiger partial charge is 0.467 e. The van der Waals surface area contributed by atoms with Crippen LogP contribution in [-0.4, -0.2) is 36.0 Å². The summed E-state index contributed by atoms with van der Waals surface area (Å²) in [6, 6.07) is 16.3. The molecular formula is C19H18N2O4S2. The van der Waals surface area contributed by atoms with Crippen LogP contribution >= 0.6 is 23.1 Å². The van der Waals surface area contributed by atoms with Crippen LogP contribution in [0.5, 0.6) is 0 Å². The number of alkyl carbamates (subject to hydrolysis) is 1. The highest BCUT2D eigenvalue weighted by molar-refractivity contribution is 8.01. The van der Waals surface area contributed by atoms with E-state index in [2.05, 4.69) is 10.3 Å². The molecule has 0 radical (unpaired) electrons. The van der Waals surface area contributed by atoms with E-state index in [1.165, 1.54) is 18.9 Å². The third kappa shape index (κ3) is 5.45. The number of esters is 1. The van der Waals surface area contributed by atoms with E-state index in [9.17, 15) is 9.59 Å². The lowest BCUT2D eigenvalue weighted by molar-refractivity contribution is -0.142. The van der Waals surface area contributed by atoms with E-state index in [0.29, 0.717) is 5.75 Å². The van der Waals surface area contributed by atoms with Crippen molar-refractivity contribution in [2.45, 2.75) is 17.0 Å². The van der Waals surface area contributed by atoms with Gasteiger partial charge in [0.2, 0.25) is 0 Å². The Balaban J connectivity index is 1.56. The molecule has 8 heteroatoms. The maximum absolute atomic E-state index is 12.0. The number of hydrogen-bond donors (Lipinski definition) is 1. The number of carbonyl (C=O) groups excluding carboxylic acids is 2. The summed E-state index contributed by atoms with van der Waals surface area (Å²) in [5.41, 5.74) is 1.78. The fourth-order valence-corrected chi connectivity index (χ4v) is 4.38. The number of nitrogens with zero attached hydrogens (tertiary/aromatic N) is 1. The smallest absolute Gasteiger partial charge is 0.408 e. The van der Waals surface area contributed by atoms with Gasteiger partial charge in [-0.3, -0.25) is 0 Å². The van der Waals surface area contributed by atoms with E-state index < -0.39 is 18.1 Å². The van der Waals surface area contributed by atoms with Crippen molar-refractivity contribution in [3.63, 3.8) is 0 Å². The number of para-hydroxylation sites is 1. The number of nitrogens with one attached hydrogen (secondary N) is 1. The summed E-state index contributed by atoms with van der Waals surface area (Å²) < 4.78 is 11.9. The van der Waals surface area contributed by atoms with Gasteiger partial charge >= 0.3 is 12.1 Å². The second-order valence-electron chi connectivity index (χ2n) is 5.54. The lowest BCUT2D eigenvalue weighted by Gasteiger charge is -2.15. The fourth-order valence-electron chi connectivity index (χ4n) is 2.29. The molecule has 0 bridgehead atoms. The van der Waals surface area contributed by atoms with E-state index in [0.717, 1.165) is 20.1 Å². The molecule has 3 rings (SSSR count). The van der Waals surface area contributed by atoms with Crippen LogP contribution in [0.1, 0.15) is 5.56 Å². The van der Waals surface area contributed by atoms with Crippen molar-refractivity contribution in [3.8, 4) is 0 Å². The molecule has 1 amide bonds. The molecule has 1 atom stereocenters. The first kappa shape index (κ1) is 19.2. The zero-order chi connectivity index (χ0) is 19.1. The van der Waals surface area contributed by atoms with Gasteiger partial charge in [0.25, 0.3) is 0 Å². The second kappa shape index (κ2) is 9.38. The van der Waals surface area contributed by atoms with Crippen LogP contribution in [0.4, 0.5) is 4.79 Å². The molecule has 6 nitrogen and oxygen atoms in total. The van der Waals surface area contributed by atoms with Gasteiger partial charge in [0.05, 0.1) is 17.3 Å². The molecule has 0 aliphatic rings. The van der Waals surface area contributed by atoms with E-state index in [1.54, 1.807) is 11.3 Å². The number of carbonyl (C=O) groups is 2. The predicted molar refractivity (Wildman–Crippen MR) is 106 cm³/mol. The molecule has 0 aliphatic heterocycles. The summed E-state index contributed by atoms with van der Waals surface area (Å²) in [6.45, 7) is 0.131. The zero-order valence-corrected chi connectivity index (χ0v) is 16.2. The van der Waals surface area contributed by atoms with Crippen molar-refractivity contribution in [2.75, 3.05) is 12.9 Å². The molecule has 27 heavy (non-hydrogen) atoms. The lowest BCUT2D eigenvalue weighted by atomic mass is 10.2. The van der Waals surface area contributed by atoms with Crippen LogP contribution in [-0.2, 0) is 20.9 Å². The van der Waals surface area contributed by atoms with E-state index >= 15 is 0 Å². The first-order chi connectivity index (χ1) is 13.2. The third-order valence-corrected chi connectivity index (χ3v) is 5.91. The van der Waals surface area contributed by atoms with E-state index in [-0.39, 0.29) is 6.61 Å². The van der Waals surface area contributed by atoms with Gasteiger partial charge in [-0.2, -0.15) is 0 Å². The minimum Gasteiger partial charge on any atom is -0.467 e. The molecule has 0 fully saturated rings. The van der Waals surface area contributed by atoms with Gasteiger partial charge in [-0.25, -0.2) is 14.6 Å². The van der Waals surface area contributed by atoms with Gasteiger partial charge in [-0.15, -0.1) is 11.3 Å². The normalized spacial score (nSPS) is 11.7. The number of aromatic nitrogens is 1. The average Bonchev–Trinajstić information content (AvgIpc) is 3.12. The van der Waals surface area contributed by atoms with Gasteiger partial charge < -0.3 is 14.8 Å². The molecule has 3 aromatic rings. The summed E-state index contributed by atoms with van der Waals surface area (Å²) in [6.07, 6.45) is -0.667. The molecule has 140 valence electrons. The zero-order valence-electron chi connectivity index (χ0n) is 14.6. The second-order valence-corrected chi connectivity index (χ2v) is 7.84. The molecule has 1 heterocycles. The Labute approximate surface area is 164 Å². The highest BCUT2D eigenvalue weighted by Crippen LogP contribution is 2.29. The number of ether oxygens (including phenoxy) is 2. The van der Waals surface area contributed by atoms with E-state index in [4.69, 9.17) is 9.47 Å². The van der Waals surface area contributed by atoms with Crippen molar-refractivity contribution < 1.29 is 19.1 Å². The number of benzene rings is 2. The minimum atomic E-state index is -0.824. The summed E-state index contributed by atoms with van der Waals surface area (Å²) >= 11 is 2.93. The minimum absolute atomic E-state index is 0.131. The molecule has 0 spiro atoms. The molecule has 0 unspecified atom stereocenters. The van der Waals surface area contributed by atoms with Gasteiger partial charge in [-0.1, -0.05) is 54.2 Å². The van der Waals surface area contributed by atoms with Crippen LogP contribution in [0, 0.1) is 0 Å². The monoisotopic (exact) mass is 402 g/mol. The summed E-state index contributed by atoms with van der Waals surface area (Å²) in [4.78, 5) is 28.5. The van der Waals surface area contributed by atoms with Gasteiger partial charge in [0.1, 0.15) is 12.6 Å². The Kier molecular flexibility index (Phi) is 6.67. The Morgan fingerprint density at radius 2 is 1.89 bits per heavy atom. The van der Waals surface area contributed by atoms with Crippen molar-refractivity contribution in [1.29, 1.82) is 0 Å².